The highest BCUT2D eigenvalue weighted by atomic mass is 127. The van der Waals surface area contributed by atoms with Crippen molar-refractivity contribution in [2.45, 2.75) is 0 Å². The van der Waals surface area contributed by atoms with Gasteiger partial charge in [-0.1, -0.05) is 30.3 Å². The number of anilines is 1. The summed E-state index contributed by atoms with van der Waals surface area (Å²) in [7, 11) is 1.49. The van der Waals surface area contributed by atoms with Gasteiger partial charge in [0.2, 0.25) is 0 Å². The minimum atomic E-state index is -0.414. The molecule has 1 amide bonds. The number of nitriles is 1. The number of amides is 1. The molecule has 5 nitrogen and oxygen atoms in total. The van der Waals surface area contributed by atoms with Crippen LogP contribution in [0.2, 0.25) is 0 Å². The van der Waals surface area contributed by atoms with Crippen molar-refractivity contribution in [3.63, 3.8) is 0 Å². The molecule has 31 heavy (non-hydrogen) atoms. The third-order valence-electron chi connectivity index (χ3n) is 4.22. The van der Waals surface area contributed by atoms with Crippen molar-refractivity contribution >= 4 is 45.8 Å². The quantitative estimate of drug-likeness (QED) is 0.249. The molecule has 3 rings (SSSR count). The van der Waals surface area contributed by atoms with E-state index in [1.165, 1.54) is 19.2 Å². The van der Waals surface area contributed by atoms with Gasteiger partial charge in [0.25, 0.3) is 5.91 Å². The van der Waals surface area contributed by atoms with Crippen LogP contribution in [0.1, 0.15) is 11.1 Å². The van der Waals surface area contributed by atoms with Crippen molar-refractivity contribution in [1.82, 2.24) is 0 Å². The second-order valence-corrected chi connectivity index (χ2v) is 7.58. The number of halogens is 2. The first-order valence-corrected chi connectivity index (χ1v) is 10.3. The molecule has 0 heterocycles. The summed E-state index contributed by atoms with van der Waals surface area (Å²) in [5.41, 5.74) is 2.16. The monoisotopic (exact) mass is 528 g/mol. The Morgan fingerprint density at radius 2 is 1.94 bits per heavy atom. The molecule has 0 atom stereocenters. The predicted molar refractivity (Wildman–Crippen MR) is 126 cm³/mol. The third kappa shape index (κ3) is 6.06. The maximum atomic E-state index is 13.5. The van der Waals surface area contributed by atoms with Gasteiger partial charge in [0.1, 0.15) is 5.82 Å². The van der Waals surface area contributed by atoms with Crippen LogP contribution in [-0.2, 0) is 4.79 Å². The molecule has 7 heteroatoms. The van der Waals surface area contributed by atoms with E-state index in [1.54, 1.807) is 42.5 Å². The van der Waals surface area contributed by atoms with Gasteiger partial charge in [-0.25, -0.2) is 4.39 Å². The summed E-state index contributed by atoms with van der Waals surface area (Å²) in [6, 6.07) is 20.5. The number of allylic oxidation sites excluding steroid dienone is 1. The number of hydrogen-bond donors (Lipinski definition) is 1. The van der Waals surface area contributed by atoms with Crippen molar-refractivity contribution in [2.75, 3.05) is 19.0 Å². The summed E-state index contributed by atoms with van der Waals surface area (Å²) >= 11 is 2.08. The first kappa shape index (κ1) is 22.3. The highest BCUT2D eigenvalue weighted by molar-refractivity contribution is 14.1. The SMILES string of the molecule is COc1cc(/C=C(/C#N)c2cccc(F)c2)cc(I)c1OCC(=O)Nc1ccccc1. The van der Waals surface area contributed by atoms with Gasteiger partial charge >= 0.3 is 0 Å². The predicted octanol–water partition coefficient (Wildman–Crippen LogP) is 5.52. The lowest BCUT2D eigenvalue weighted by atomic mass is 10.0. The van der Waals surface area contributed by atoms with Crippen LogP contribution >= 0.6 is 22.6 Å². The van der Waals surface area contributed by atoms with Crippen LogP contribution in [0.4, 0.5) is 10.1 Å². The standard InChI is InChI=1S/C24H18FIN2O3/c1-30-22-12-16(10-18(14-27)17-6-5-7-19(25)13-17)11-21(26)24(22)31-15-23(29)28-20-8-3-2-4-9-20/h2-13H,15H2,1H3,(H,28,29)/b18-10-. The topological polar surface area (TPSA) is 71.3 Å². The molecule has 0 spiro atoms. The number of hydrogen-bond acceptors (Lipinski definition) is 4. The normalized spacial score (nSPS) is 10.8. The summed E-state index contributed by atoms with van der Waals surface area (Å²) in [5.74, 6) is 0.129. The van der Waals surface area contributed by atoms with Crippen molar-refractivity contribution in [1.29, 1.82) is 5.26 Å². The van der Waals surface area contributed by atoms with E-state index in [9.17, 15) is 14.4 Å². The van der Waals surface area contributed by atoms with Gasteiger partial charge in [0.15, 0.2) is 18.1 Å². The van der Waals surface area contributed by atoms with Crippen molar-refractivity contribution in [3.05, 3.63) is 87.2 Å². The molecule has 3 aromatic carbocycles. The molecular formula is C24H18FIN2O3. The van der Waals surface area contributed by atoms with Crippen molar-refractivity contribution in [2.24, 2.45) is 0 Å². The second kappa shape index (κ2) is 10.6. The summed E-state index contributed by atoms with van der Waals surface area (Å²) < 4.78 is 25.3. The Hall–Kier alpha value is -3.38. The molecule has 3 aromatic rings. The van der Waals surface area contributed by atoms with E-state index in [0.29, 0.717) is 37.5 Å². The van der Waals surface area contributed by atoms with E-state index in [2.05, 4.69) is 34.0 Å². The number of carbonyl (C=O) groups is 1. The number of para-hydroxylation sites is 1. The largest absolute Gasteiger partial charge is 0.493 e. The number of carbonyl (C=O) groups excluding carboxylic acids is 1. The molecule has 0 aliphatic carbocycles. The Bertz CT molecular complexity index is 1160. The van der Waals surface area contributed by atoms with Crippen LogP contribution < -0.4 is 14.8 Å². The number of nitrogens with zero attached hydrogens (tertiary/aromatic N) is 1. The fraction of sp³-hybridized carbons (Fsp3) is 0.0833. The molecule has 0 bridgehead atoms. The lowest BCUT2D eigenvalue weighted by molar-refractivity contribution is -0.118. The number of ether oxygens (including phenoxy) is 2. The number of benzene rings is 3. The summed E-state index contributed by atoms with van der Waals surface area (Å²) in [6.07, 6.45) is 1.64. The van der Waals surface area contributed by atoms with E-state index in [-0.39, 0.29) is 12.5 Å². The first-order valence-electron chi connectivity index (χ1n) is 9.23. The van der Waals surface area contributed by atoms with Crippen LogP contribution in [0.15, 0.2) is 66.7 Å². The van der Waals surface area contributed by atoms with Crippen molar-refractivity contribution in [3.8, 4) is 17.6 Å². The molecule has 0 unspecified atom stereocenters. The molecule has 0 aliphatic heterocycles. The highest BCUT2D eigenvalue weighted by Gasteiger charge is 2.14. The molecular weight excluding hydrogens is 510 g/mol. The molecule has 0 aromatic heterocycles. The molecule has 0 saturated carbocycles. The maximum absolute atomic E-state index is 13.5. The molecule has 0 saturated heterocycles. The summed E-state index contributed by atoms with van der Waals surface area (Å²) in [4.78, 5) is 12.2. The molecule has 0 radical (unpaired) electrons. The molecule has 0 aliphatic rings. The molecule has 0 fully saturated rings. The van der Waals surface area contributed by atoms with E-state index in [1.807, 2.05) is 18.2 Å². The lowest BCUT2D eigenvalue weighted by Crippen LogP contribution is -2.20. The van der Waals surface area contributed by atoms with Gasteiger partial charge in [-0.05, 0) is 76.2 Å². The minimum absolute atomic E-state index is 0.191. The fourth-order valence-electron chi connectivity index (χ4n) is 2.82. The number of rotatable bonds is 7. The van der Waals surface area contributed by atoms with Gasteiger partial charge in [0.05, 0.1) is 22.3 Å². The summed E-state index contributed by atoms with van der Waals surface area (Å²) in [5, 5.41) is 12.3. The Kier molecular flexibility index (Phi) is 7.62. The zero-order valence-electron chi connectivity index (χ0n) is 16.6. The minimum Gasteiger partial charge on any atom is -0.493 e. The average molecular weight is 528 g/mol. The Morgan fingerprint density at radius 1 is 1.16 bits per heavy atom. The molecule has 156 valence electrons. The van der Waals surface area contributed by atoms with Gasteiger partial charge in [-0.15, -0.1) is 0 Å². The highest BCUT2D eigenvalue weighted by Crippen LogP contribution is 2.35. The van der Waals surface area contributed by atoms with E-state index in [0.717, 1.165) is 0 Å². The van der Waals surface area contributed by atoms with Gasteiger partial charge in [0, 0.05) is 5.69 Å². The maximum Gasteiger partial charge on any atom is 0.262 e. The van der Waals surface area contributed by atoms with Gasteiger partial charge < -0.3 is 14.8 Å². The zero-order valence-corrected chi connectivity index (χ0v) is 18.7. The van der Waals surface area contributed by atoms with Crippen LogP contribution in [0.3, 0.4) is 0 Å². The van der Waals surface area contributed by atoms with Crippen LogP contribution in [0.5, 0.6) is 11.5 Å². The molecule has 1 N–H and O–H groups in total. The second-order valence-electron chi connectivity index (χ2n) is 6.42. The summed E-state index contributed by atoms with van der Waals surface area (Å²) in [6.45, 7) is -0.191. The Morgan fingerprint density at radius 3 is 2.61 bits per heavy atom. The van der Waals surface area contributed by atoms with Crippen LogP contribution in [0.25, 0.3) is 11.6 Å². The van der Waals surface area contributed by atoms with Crippen LogP contribution in [-0.4, -0.2) is 19.6 Å². The first-order chi connectivity index (χ1) is 15.0. The van der Waals surface area contributed by atoms with E-state index in [4.69, 9.17) is 9.47 Å². The average Bonchev–Trinajstić information content (AvgIpc) is 2.77. The lowest BCUT2D eigenvalue weighted by Gasteiger charge is -2.14. The zero-order chi connectivity index (χ0) is 22.2. The fourth-order valence-corrected chi connectivity index (χ4v) is 3.60. The van der Waals surface area contributed by atoms with E-state index >= 15 is 0 Å². The van der Waals surface area contributed by atoms with Crippen molar-refractivity contribution < 1.29 is 18.7 Å². The van der Waals surface area contributed by atoms with E-state index < -0.39 is 5.82 Å². The number of methoxy groups -OCH3 is 1. The van der Waals surface area contributed by atoms with Gasteiger partial charge in [-0.3, -0.25) is 4.79 Å². The van der Waals surface area contributed by atoms with Crippen LogP contribution in [0, 0.1) is 20.7 Å². The Labute approximate surface area is 193 Å². The van der Waals surface area contributed by atoms with Gasteiger partial charge in [-0.2, -0.15) is 5.26 Å². The number of nitrogens with one attached hydrogen (secondary N) is 1. The third-order valence-corrected chi connectivity index (χ3v) is 5.03. The Balaban J connectivity index is 1.79. The smallest absolute Gasteiger partial charge is 0.262 e.